The Labute approximate surface area is 152 Å². The molecule has 3 rings (SSSR count). The molecule has 0 aromatic carbocycles. The summed E-state index contributed by atoms with van der Waals surface area (Å²) in [7, 11) is 1.64. The molecule has 0 saturated carbocycles. The summed E-state index contributed by atoms with van der Waals surface area (Å²) in [6.45, 7) is 7.45. The molecule has 2 unspecified atom stereocenters. The molecular weight excluding hydrogens is 336 g/mol. The summed E-state index contributed by atoms with van der Waals surface area (Å²) >= 11 is 0. The zero-order valence-electron chi connectivity index (χ0n) is 15.9. The Balaban J connectivity index is 1.97. The highest BCUT2D eigenvalue weighted by molar-refractivity contribution is 5.97. The molecule has 0 spiro atoms. The third-order valence-electron chi connectivity index (χ3n) is 4.37. The number of aromatic nitrogens is 3. The number of hydrogen-bond donors (Lipinski definition) is 1. The molecule has 1 N–H and O–H groups in total. The van der Waals surface area contributed by atoms with Gasteiger partial charge < -0.3 is 19.1 Å². The van der Waals surface area contributed by atoms with E-state index >= 15 is 0 Å². The lowest BCUT2D eigenvalue weighted by Crippen LogP contribution is -2.34. The van der Waals surface area contributed by atoms with Crippen molar-refractivity contribution in [3.05, 3.63) is 18.1 Å². The third kappa shape index (κ3) is 3.52. The van der Waals surface area contributed by atoms with Crippen LogP contribution in [0.15, 0.2) is 12.4 Å². The van der Waals surface area contributed by atoms with Crippen LogP contribution >= 0.6 is 0 Å². The summed E-state index contributed by atoms with van der Waals surface area (Å²) in [6.07, 6.45) is 2.24. The lowest BCUT2D eigenvalue weighted by atomic mass is 10.2. The first-order chi connectivity index (χ1) is 12.2. The van der Waals surface area contributed by atoms with Gasteiger partial charge in [0.05, 0.1) is 18.1 Å². The van der Waals surface area contributed by atoms with Gasteiger partial charge in [0, 0.05) is 12.7 Å². The number of carbonyl (C=O) groups is 1. The van der Waals surface area contributed by atoms with E-state index in [-0.39, 0.29) is 18.9 Å². The molecule has 8 heteroatoms. The quantitative estimate of drug-likeness (QED) is 0.903. The highest BCUT2D eigenvalue weighted by atomic mass is 16.6. The van der Waals surface area contributed by atoms with Gasteiger partial charge >= 0.3 is 6.09 Å². The molecule has 1 fully saturated rings. The van der Waals surface area contributed by atoms with Gasteiger partial charge in [-0.3, -0.25) is 4.90 Å². The second kappa shape index (κ2) is 6.85. The van der Waals surface area contributed by atoms with Crippen molar-refractivity contribution in [2.45, 2.75) is 58.5 Å². The molecule has 26 heavy (non-hydrogen) atoms. The van der Waals surface area contributed by atoms with Gasteiger partial charge in [0.15, 0.2) is 5.82 Å². The molecule has 142 valence electrons. The first-order valence-electron chi connectivity index (χ1n) is 8.77. The van der Waals surface area contributed by atoms with Crippen molar-refractivity contribution in [2.75, 3.05) is 18.6 Å². The third-order valence-corrected chi connectivity index (χ3v) is 4.37. The topological polar surface area (TPSA) is 89.7 Å². The maximum Gasteiger partial charge on any atom is 0.415 e. The monoisotopic (exact) mass is 362 g/mol. The van der Waals surface area contributed by atoms with Crippen molar-refractivity contribution in [2.24, 2.45) is 0 Å². The van der Waals surface area contributed by atoms with Crippen LogP contribution in [0, 0.1) is 6.92 Å². The maximum atomic E-state index is 12.4. The van der Waals surface area contributed by atoms with E-state index in [9.17, 15) is 9.90 Å². The summed E-state index contributed by atoms with van der Waals surface area (Å²) in [5.74, 6) is 0.489. The van der Waals surface area contributed by atoms with E-state index < -0.39 is 11.7 Å². The molecule has 0 radical (unpaired) electrons. The Hall–Kier alpha value is -2.19. The minimum atomic E-state index is -0.587. The van der Waals surface area contributed by atoms with Gasteiger partial charge in [0.25, 0.3) is 0 Å². The van der Waals surface area contributed by atoms with Crippen molar-refractivity contribution < 1.29 is 19.4 Å². The predicted octanol–water partition coefficient (Wildman–Crippen LogP) is 2.78. The Bertz CT molecular complexity index is 811. The van der Waals surface area contributed by atoms with E-state index in [2.05, 4.69) is 9.97 Å². The first kappa shape index (κ1) is 18.6. The molecule has 2 aromatic rings. The molecule has 8 nitrogen and oxygen atoms in total. The predicted molar refractivity (Wildman–Crippen MR) is 97.1 cm³/mol. The standard InChI is InChI=1S/C18H26N4O4/c1-11-8-13-15(21(5)17(24)26-18(2,3)4)19-10-20-16(13)22(11)14-7-6-12(9-23)25-14/h8,10,12,14,23H,6-7,9H2,1-5H3. The number of carbonyl (C=O) groups excluding carboxylic acids is 1. The van der Waals surface area contributed by atoms with E-state index in [0.717, 1.165) is 23.9 Å². The van der Waals surface area contributed by atoms with Crippen molar-refractivity contribution >= 4 is 22.9 Å². The molecule has 1 aliphatic heterocycles. The van der Waals surface area contributed by atoms with Gasteiger partial charge in [0.1, 0.15) is 23.8 Å². The van der Waals surface area contributed by atoms with Gasteiger partial charge in [-0.05, 0) is 46.6 Å². The number of aliphatic hydroxyl groups is 1. The Morgan fingerprint density at radius 2 is 2.15 bits per heavy atom. The van der Waals surface area contributed by atoms with Crippen LogP contribution in [0.3, 0.4) is 0 Å². The first-order valence-corrected chi connectivity index (χ1v) is 8.77. The van der Waals surface area contributed by atoms with Crippen LogP contribution in [-0.2, 0) is 9.47 Å². The molecule has 2 aromatic heterocycles. The fraction of sp³-hybridized carbons (Fsp3) is 0.611. The lowest BCUT2D eigenvalue weighted by molar-refractivity contribution is -0.0212. The van der Waals surface area contributed by atoms with E-state index in [1.165, 1.54) is 11.2 Å². The Morgan fingerprint density at radius 1 is 1.42 bits per heavy atom. The van der Waals surface area contributed by atoms with E-state index in [4.69, 9.17) is 9.47 Å². The number of hydrogen-bond acceptors (Lipinski definition) is 6. The number of anilines is 1. The smallest absolute Gasteiger partial charge is 0.415 e. The summed E-state index contributed by atoms with van der Waals surface area (Å²) < 4.78 is 13.3. The molecule has 1 saturated heterocycles. The number of rotatable bonds is 3. The van der Waals surface area contributed by atoms with Crippen LogP contribution in [0.25, 0.3) is 11.0 Å². The molecule has 2 atom stereocenters. The molecule has 1 amide bonds. The van der Waals surface area contributed by atoms with Crippen LogP contribution in [0.2, 0.25) is 0 Å². The van der Waals surface area contributed by atoms with Crippen LogP contribution < -0.4 is 4.90 Å². The largest absolute Gasteiger partial charge is 0.443 e. The Kier molecular flexibility index (Phi) is 4.90. The van der Waals surface area contributed by atoms with Crippen LogP contribution in [-0.4, -0.2) is 51.1 Å². The van der Waals surface area contributed by atoms with Gasteiger partial charge in [-0.2, -0.15) is 0 Å². The highest BCUT2D eigenvalue weighted by Crippen LogP contribution is 2.35. The zero-order valence-corrected chi connectivity index (χ0v) is 15.9. The highest BCUT2D eigenvalue weighted by Gasteiger charge is 2.30. The summed E-state index contributed by atoms with van der Waals surface area (Å²) in [6, 6.07) is 1.95. The van der Waals surface area contributed by atoms with Gasteiger partial charge in [-0.25, -0.2) is 14.8 Å². The number of aryl methyl sites for hydroxylation is 1. The van der Waals surface area contributed by atoms with Gasteiger partial charge in [0.2, 0.25) is 0 Å². The van der Waals surface area contributed by atoms with E-state index in [1.54, 1.807) is 7.05 Å². The molecular formula is C18H26N4O4. The van der Waals surface area contributed by atoms with Crippen LogP contribution in [0.4, 0.5) is 10.6 Å². The average molecular weight is 362 g/mol. The fourth-order valence-electron chi connectivity index (χ4n) is 3.20. The minimum absolute atomic E-state index is 0.0103. The van der Waals surface area contributed by atoms with Crippen molar-refractivity contribution in [1.29, 1.82) is 0 Å². The van der Waals surface area contributed by atoms with E-state index in [0.29, 0.717) is 11.5 Å². The molecule has 0 bridgehead atoms. The lowest BCUT2D eigenvalue weighted by Gasteiger charge is -2.24. The van der Waals surface area contributed by atoms with Crippen molar-refractivity contribution in [1.82, 2.24) is 14.5 Å². The maximum absolute atomic E-state index is 12.4. The zero-order chi connectivity index (χ0) is 19.1. The van der Waals surface area contributed by atoms with Gasteiger partial charge in [-0.15, -0.1) is 0 Å². The van der Waals surface area contributed by atoms with Crippen molar-refractivity contribution in [3.8, 4) is 0 Å². The molecule has 1 aliphatic rings. The molecule has 0 aliphatic carbocycles. The minimum Gasteiger partial charge on any atom is -0.443 e. The Morgan fingerprint density at radius 3 is 2.77 bits per heavy atom. The molecule has 3 heterocycles. The second-order valence-electron chi connectivity index (χ2n) is 7.60. The second-order valence-corrected chi connectivity index (χ2v) is 7.60. The number of aliphatic hydroxyl groups excluding tert-OH is 1. The number of fused-ring (bicyclic) bond motifs is 1. The average Bonchev–Trinajstić information content (AvgIpc) is 3.15. The number of ether oxygens (including phenoxy) is 2. The van der Waals surface area contributed by atoms with Crippen molar-refractivity contribution in [3.63, 3.8) is 0 Å². The normalized spacial score (nSPS) is 20.5. The summed E-state index contributed by atoms with van der Waals surface area (Å²) in [5, 5.41) is 10.1. The van der Waals surface area contributed by atoms with Crippen LogP contribution in [0.5, 0.6) is 0 Å². The number of nitrogens with zero attached hydrogens (tertiary/aromatic N) is 4. The summed E-state index contributed by atoms with van der Waals surface area (Å²) in [4.78, 5) is 22.5. The van der Waals surface area contributed by atoms with Gasteiger partial charge in [-0.1, -0.05) is 0 Å². The fourth-order valence-corrected chi connectivity index (χ4v) is 3.20. The SMILES string of the molecule is Cc1cc2c(N(C)C(=O)OC(C)(C)C)ncnc2n1C1CCC(CO)O1. The van der Waals surface area contributed by atoms with E-state index in [1.807, 2.05) is 38.3 Å². The summed E-state index contributed by atoms with van der Waals surface area (Å²) in [5.41, 5.74) is 1.07. The van der Waals surface area contributed by atoms with Crippen LogP contribution in [0.1, 0.15) is 45.5 Å². The number of amides is 1.